The molecule has 1 aliphatic rings. The number of methoxy groups -OCH3 is 1. The van der Waals surface area contributed by atoms with Gasteiger partial charge in [-0.25, -0.2) is 8.42 Å². The number of hydrogen-bond acceptors (Lipinski definition) is 4. The highest BCUT2D eigenvalue weighted by Gasteiger charge is 2.25. The van der Waals surface area contributed by atoms with Gasteiger partial charge in [0.2, 0.25) is 15.9 Å². The molecular formula is C18H27ClN2O4S. The molecule has 0 saturated heterocycles. The highest BCUT2D eigenvalue weighted by atomic mass is 35.5. The smallest absolute Gasteiger partial charge is 0.240 e. The minimum Gasteiger partial charge on any atom is -0.495 e. The molecule has 1 aromatic carbocycles. The Balaban J connectivity index is 2.15. The first-order chi connectivity index (χ1) is 12.3. The molecule has 0 aliphatic heterocycles. The Bertz CT molecular complexity index is 716. The first-order valence-electron chi connectivity index (χ1n) is 8.92. The Hall–Kier alpha value is -1.47. The van der Waals surface area contributed by atoms with Crippen molar-refractivity contribution in [2.45, 2.75) is 51.0 Å². The summed E-state index contributed by atoms with van der Waals surface area (Å²) in [6.07, 6.45) is 8.72. The third-order valence-electron chi connectivity index (χ3n) is 4.57. The van der Waals surface area contributed by atoms with Gasteiger partial charge in [0.25, 0.3) is 0 Å². The number of halogens is 1. The van der Waals surface area contributed by atoms with Gasteiger partial charge in [-0.15, -0.1) is 0 Å². The number of benzene rings is 1. The Labute approximate surface area is 160 Å². The summed E-state index contributed by atoms with van der Waals surface area (Å²) in [7, 11) is -2.24. The summed E-state index contributed by atoms with van der Waals surface area (Å²) in [5, 5.41) is 3.36. The topological polar surface area (TPSA) is 75.7 Å². The SMILES string of the molecule is COc1ccc(Cl)cc1N(CC(=O)NC1CCCCCCC1)S(C)(=O)=O. The molecule has 0 atom stereocenters. The normalized spacial score (nSPS) is 16.4. The first-order valence-corrected chi connectivity index (χ1v) is 11.1. The van der Waals surface area contributed by atoms with Gasteiger partial charge >= 0.3 is 0 Å². The molecule has 0 aromatic heterocycles. The summed E-state index contributed by atoms with van der Waals surface area (Å²) in [5.41, 5.74) is 0.260. The zero-order valence-electron chi connectivity index (χ0n) is 15.3. The van der Waals surface area contributed by atoms with Crippen molar-refractivity contribution < 1.29 is 17.9 Å². The zero-order chi connectivity index (χ0) is 19.2. The van der Waals surface area contributed by atoms with E-state index in [0.29, 0.717) is 10.8 Å². The van der Waals surface area contributed by atoms with Crippen molar-refractivity contribution >= 4 is 33.2 Å². The number of rotatable bonds is 6. The molecule has 0 bridgehead atoms. The van der Waals surface area contributed by atoms with Crippen molar-refractivity contribution in [3.8, 4) is 5.75 Å². The molecule has 2 rings (SSSR count). The number of hydrogen-bond donors (Lipinski definition) is 1. The Morgan fingerprint density at radius 1 is 1.23 bits per heavy atom. The van der Waals surface area contributed by atoms with E-state index in [0.717, 1.165) is 36.2 Å². The van der Waals surface area contributed by atoms with Crippen molar-refractivity contribution in [3.63, 3.8) is 0 Å². The van der Waals surface area contributed by atoms with E-state index in [4.69, 9.17) is 16.3 Å². The van der Waals surface area contributed by atoms with Crippen LogP contribution >= 0.6 is 11.6 Å². The number of nitrogens with one attached hydrogen (secondary N) is 1. The molecule has 1 saturated carbocycles. The average Bonchev–Trinajstić information content (AvgIpc) is 2.54. The predicted molar refractivity (Wildman–Crippen MR) is 104 cm³/mol. The molecule has 0 spiro atoms. The summed E-state index contributed by atoms with van der Waals surface area (Å²) < 4.78 is 30.9. The van der Waals surface area contributed by atoms with Gasteiger partial charge in [-0.1, -0.05) is 43.7 Å². The van der Waals surface area contributed by atoms with E-state index >= 15 is 0 Å². The van der Waals surface area contributed by atoms with E-state index in [-0.39, 0.29) is 24.2 Å². The maximum Gasteiger partial charge on any atom is 0.240 e. The predicted octanol–water partition coefficient (Wildman–Crippen LogP) is 3.34. The summed E-state index contributed by atoms with van der Waals surface area (Å²) in [6, 6.07) is 4.79. The van der Waals surface area contributed by atoms with Gasteiger partial charge in [-0.3, -0.25) is 9.10 Å². The number of nitrogens with zero attached hydrogens (tertiary/aromatic N) is 1. The van der Waals surface area contributed by atoms with E-state index in [1.807, 2.05) is 0 Å². The number of sulfonamides is 1. The van der Waals surface area contributed by atoms with Gasteiger partial charge in [0.15, 0.2) is 0 Å². The Morgan fingerprint density at radius 2 is 1.85 bits per heavy atom. The van der Waals surface area contributed by atoms with Crippen molar-refractivity contribution in [3.05, 3.63) is 23.2 Å². The van der Waals surface area contributed by atoms with E-state index in [9.17, 15) is 13.2 Å². The zero-order valence-corrected chi connectivity index (χ0v) is 16.9. The van der Waals surface area contributed by atoms with Crippen LogP contribution in [0.15, 0.2) is 18.2 Å². The van der Waals surface area contributed by atoms with Crippen molar-refractivity contribution in [1.29, 1.82) is 0 Å². The molecule has 1 amide bonds. The molecule has 1 aromatic rings. The van der Waals surface area contributed by atoms with Crippen LogP contribution in [0.3, 0.4) is 0 Å². The van der Waals surface area contributed by atoms with Crippen LogP contribution in [-0.2, 0) is 14.8 Å². The van der Waals surface area contributed by atoms with Gasteiger partial charge in [-0.2, -0.15) is 0 Å². The monoisotopic (exact) mass is 402 g/mol. The van der Waals surface area contributed by atoms with Crippen molar-refractivity contribution in [1.82, 2.24) is 5.32 Å². The van der Waals surface area contributed by atoms with Gasteiger partial charge in [0.1, 0.15) is 12.3 Å². The molecule has 1 N–H and O–H groups in total. The largest absolute Gasteiger partial charge is 0.495 e. The molecule has 1 fully saturated rings. The maximum atomic E-state index is 12.5. The second-order valence-electron chi connectivity index (χ2n) is 6.70. The second kappa shape index (κ2) is 9.46. The maximum absolute atomic E-state index is 12.5. The van der Waals surface area contributed by atoms with Crippen LogP contribution in [0.1, 0.15) is 44.9 Å². The van der Waals surface area contributed by atoms with Crippen LogP contribution in [0.4, 0.5) is 5.69 Å². The Morgan fingerprint density at radius 3 is 2.42 bits per heavy atom. The highest BCUT2D eigenvalue weighted by molar-refractivity contribution is 7.92. The van der Waals surface area contributed by atoms with Crippen LogP contribution in [0.5, 0.6) is 5.75 Å². The first kappa shape index (κ1) is 20.8. The quantitative estimate of drug-likeness (QED) is 0.791. The Kier molecular flexibility index (Phi) is 7.58. The second-order valence-corrected chi connectivity index (χ2v) is 9.04. The van der Waals surface area contributed by atoms with Gasteiger partial charge in [0.05, 0.1) is 19.1 Å². The fraction of sp³-hybridized carbons (Fsp3) is 0.611. The summed E-state index contributed by atoms with van der Waals surface area (Å²) in [6.45, 7) is -0.300. The molecule has 146 valence electrons. The minimum atomic E-state index is -3.68. The van der Waals surface area contributed by atoms with Gasteiger partial charge < -0.3 is 10.1 Å². The lowest BCUT2D eigenvalue weighted by atomic mass is 9.97. The number of anilines is 1. The lowest BCUT2D eigenvalue weighted by Crippen LogP contribution is -2.44. The van der Waals surface area contributed by atoms with Crippen molar-refractivity contribution in [2.24, 2.45) is 0 Å². The molecule has 1 aliphatic carbocycles. The number of carbonyl (C=O) groups excluding carboxylic acids is 1. The summed E-state index contributed by atoms with van der Waals surface area (Å²) in [5.74, 6) is 0.0293. The lowest BCUT2D eigenvalue weighted by Gasteiger charge is -2.26. The van der Waals surface area contributed by atoms with Gasteiger partial charge in [0, 0.05) is 11.1 Å². The van der Waals surface area contributed by atoms with Crippen LogP contribution < -0.4 is 14.4 Å². The van der Waals surface area contributed by atoms with E-state index in [1.54, 1.807) is 12.1 Å². The van der Waals surface area contributed by atoms with Crippen LogP contribution in [0, 0.1) is 0 Å². The number of amides is 1. The molecule has 0 heterocycles. The van der Waals surface area contributed by atoms with Gasteiger partial charge in [-0.05, 0) is 31.0 Å². The number of carbonyl (C=O) groups is 1. The standard InChI is InChI=1S/C18H27ClN2O4S/c1-25-17-11-10-14(19)12-16(17)21(26(2,23)24)13-18(22)20-15-8-6-4-3-5-7-9-15/h10-12,15H,3-9,13H2,1-2H3,(H,20,22). The van der Waals surface area contributed by atoms with E-state index in [2.05, 4.69) is 5.32 Å². The third-order valence-corrected chi connectivity index (χ3v) is 5.93. The van der Waals surface area contributed by atoms with Crippen LogP contribution in [-0.4, -0.2) is 40.3 Å². The van der Waals surface area contributed by atoms with E-state index < -0.39 is 10.0 Å². The number of ether oxygens (including phenoxy) is 1. The third kappa shape index (κ3) is 6.06. The van der Waals surface area contributed by atoms with Crippen LogP contribution in [0.25, 0.3) is 0 Å². The molecule has 26 heavy (non-hydrogen) atoms. The summed E-state index contributed by atoms with van der Waals surface area (Å²) in [4.78, 5) is 12.5. The molecule has 0 unspecified atom stereocenters. The van der Waals surface area contributed by atoms with Crippen LogP contribution in [0.2, 0.25) is 5.02 Å². The lowest BCUT2D eigenvalue weighted by molar-refractivity contribution is -0.120. The molecular weight excluding hydrogens is 376 g/mol. The molecule has 6 nitrogen and oxygen atoms in total. The van der Waals surface area contributed by atoms with E-state index in [1.165, 1.54) is 32.4 Å². The molecule has 0 radical (unpaired) electrons. The minimum absolute atomic E-state index is 0.102. The molecule has 8 heteroatoms. The summed E-state index contributed by atoms with van der Waals surface area (Å²) >= 11 is 6.02. The van der Waals surface area contributed by atoms with Crippen molar-refractivity contribution in [2.75, 3.05) is 24.2 Å². The fourth-order valence-corrected chi connectivity index (χ4v) is 4.26. The fourth-order valence-electron chi connectivity index (χ4n) is 3.24. The average molecular weight is 403 g/mol. The highest BCUT2D eigenvalue weighted by Crippen LogP contribution is 2.32.